The van der Waals surface area contributed by atoms with Crippen LogP contribution >= 0.6 is 0 Å². The van der Waals surface area contributed by atoms with Gasteiger partial charge in [0, 0.05) is 19.5 Å². The van der Waals surface area contributed by atoms with Crippen molar-refractivity contribution in [2.45, 2.75) is 26.2 Å². The van der Waals surface area contributed by atoms with Crippen molar-refractivity contribution in [1.82, 2.24) is 4.90 Å². The molecule has 3 nitrogen and oxygen atoms in total. The summed E-state index contributed by atoms with van der Waals surface area (Å²) in [6.07, 6.45) is 2.93. The fraction of sp³-hybridized carbons (Fsp3) is 0.889. The molecule has 0 aliphatic carbocycles. The van der Waals surface area contributed by atoms with E-state index >= 15 is 0 Å². The molecule has 0 spiro atoms. The summed E-state index contributed by atoms with van der Waals surface area (Å²) in [6, 6.07) is 0. The molecule has 12 heavy (non-hydrogen) atoms. The van der Waals surface area contributed by atoms with Crippen LogP contribution in [0.3, 0.4) is 0 Å². The van der Waals surface area contributed by atoms with E-state index in [-0.39, 0.29) is 5.91 Å². The second kappa shape index (κ2) is 4.45. The molecule has 2 N–H and O–H groups in total. The van der Waals surface area contributed by atoms with E-state index in [1.54, 1.807) is 0 Å². The minimum absolute atomic E-state index is 0.271. The molecule has 0 saturated carbocycles. The summed E-state index contributed by atoms with van der Waals surface area (Å²) in [5.41, 5.74) is 5.57. The molecule has 70 valence electrons. The summed E-state index contributed by atoms with van der Waals surface area (Å²) >= 11 is 0. The third kappa shape index (κ3) is 2.21. The first-order valence-electron chi connectivity index (χ1n) is 4.75. The van der Waals surface area contributed by atoms with Crippen LogP contribution in [0.25, 0.3) is 0 Å². The van der Waals surface area contributed by atoms with Crippen LogP contribution in [0.5, 0.6) is 0 Å². The van der Waals surface area contributed by atoms with E-state index in [4.69, 9.17) is 5.73 Å². The second-order valence-electron chi connectivity index (χ2n) is 3.44. The highest BCUT2D eigenvalue weighted by molar-refractivity contribution is 5.75. The van der Waals surface area contributed by atoms with Gasteiger partial charge in [-0.25, -0.2) is 0 Å². The SMILES string of the molecule is CCC(=O)N1CCCC(CN)C1. The third-order valence-corrected chi connectivity index (χ3v) is 2.51. The highest BCUT2D eigenvalue weighted by atomic mass is 16.2. The maximum absolute atomic E-state index is 11.3. The van der Waals surface area contributed by atoms with Crippen molar-refractivity contribution in [3.8, 4) is 0 Å². The molecule has 0 radical (unpaired) electrons. The van der Waals surface area contributed by atoms with E-state index in [1.807, 2.05) is 11.8 Å². The van der Waals surface area contributed by atoms with Gasteiger partial charge in [0.15, 0.2) is 0 Å². The Morgan fingerprint density at radius 2 is 2.42 bits per heavy atom. The average molecular weight is 170 g/mol. The second-order valence-corrected chi connectivity index (χ2v) is 3.44. The molecular formula is C9H18N2O. The molecule has 3 heteroatoms. The number of nitrogens with zero attached hydrogens (tertiary/aromatic N) is 1. The zero-order valence-corrected chi connectivity index (χ0v) is 7.75. The molecule has 1 fully saturated rings. The number of carbonyl (C=O) groups excluding carboxylic acids is 1. The van der Waals surface area contributed by atoms with Crippen LogP contribution in [0.4, 0.5) is 0 Å². The molecule has 0 aromatic carbocycles. The largest absolute Gasteiger partial charge is 0.342 e. The summed E-state index contributed by atoms with van der Waals surface area (Å²) in [4.78, 5) is 13.3. The molecule has 1 rings (SSSR count). The summed E-state index contributed by atoms with van der Waals surface area (Å²) in [7, 11) is 0. The fourth-order valence-electron chi connectivity index (χ4n) is 1.71. The van der Waals surface area contributed by atoms with Gasteiger partial charge in [-0.05, 0) is 25.3 Å². The van der Waals surface area contributed by atoms with Crippen molar-refractivity contribution in [1.29, 1.82) is 0 Å². The third-order valence-electron chi connectivity index (χ3n) is 2.51. The molecule has 1 amide bonds. The van der Waals surface area contributed by atoms with Gasteiger partial charge in [-0.1, -0.05) is 6.92 Å². The van der Waals surface area contributed by atoms with Gasteiger partial charge in [-0.15, -0.1) is 0 Å². The number of rotatable bonds is 2. The van der Waals surface area contributed by atoms with Crippen LogP contribution < -0.4 is 5.73 Å². The standard InChI is InChI=1S/C9H18N2O/c1-2-9(12)11-5-3-4-8(6-10)7-11/h8H,2-7,10H2,1H3. The Kier molecular flexibility index (Phi) is 3.53. The summed E-state index contributed by atoms with van der Waals surface area (Å²) in [5, 5.41) is 0. The van der Waals surface area contributed by atoms with Gasteiger partial charge < -0.3 is 10.6 Å². The van der Waals surface area contributed by atoms with Gasteiger partial charge >= 0.3 is 0 Å². The number of likely N-dealkylation sites (tertiary alicyclic amines) is 1. The maximum Gasteiger partial charge on any atom is 0.222 e. The van der Waals surface area contributed by atoms with Crippen molar-refractivity contribution in [2.24, 2.45) is 11.7 Å². The lowest BCUT2D eigenvalue weighted by Crippen LogP contribution is -2.41. The van der Waals surface area contributed by atoms with E-state index < -0.39 is 0 Å². The van der Waals surface area contributed by atoms with E-state index in [0.29, 0.717) is 18.9 Å². The quantitative estimate of drug-likeness (QED) is 0.659. The lowest BCUT2D eigenvalue weighted by atomic mass is 9.98. The fourth-order valence-corrected chi connectivity index (χ4v) is 1.71. The average Bonchev–Trinajstić information content (AvgIpc) is 2.17. The number of hydrogen-bond acceptors (Lipinski definition) is 2. The Morgan fingerprint density at radius 3 is 3.00 bits per heavy atom. The molecule has 0 bridgehead atoms. The Hall–Kier alpha value is -0.570. The highest BCUT2D eigenvalue weighted by Gasteiger charge is 2.21. The summed E-state index contributed by atoms with van der Waals surface area (Å²) in [6.45, 7) is 4.44. The monoisotopic (exact) mass is 170 g/mol. The van der Waals surface area contributed by atoms with Gasteiger partial charge in [0.2, 0.25) is 5.91 Å². The predicted octanol–water partition coefficient (Wildman–Crippen LogP) is 0.594. The normalized spacial score (nSPS) is 24.2. The van der Waals surface area contributed by atoms with Crippen LogP contribution in [0, 0.1) is 5.92 Å². The maximum atomic E-state index is 11.3. The Morgan fingerprint density at radius 1 is 1.67 bits per heavy atom. The summed E-state index contributed by atoms with van der Waals surface area (Å²) in [5.74, 6) is 0.808. The van der Waals surface area contributed by atoms with Crippen molar-refractivity contribution >= 4 is 5.91 Å². The number of amides is 1. The predicted molar refractivity (Wildman–Crippen MR) is 48.6 cm³/mol. The lowest BCUT2D eigenvalue weighted by Gasteiger charge is -2.31. The number of piperidine rings is 1. The van der Waals surface area contributed by atoms with Crippen LogP contribution in [-0.4, -0.2) is 30.4 Å². The molecule has 1 saturated heterocycles. The van der Waals surface area contributed by atoms with E-state index in [0.717, 1.165) is 19.5 Å². The first-order valence-corrected chi connectivity index (χ1v) is 4.75. The van der Waals surface area contributed by atoms with Gasteiger partial charge in [0.1, 0.15) is 0 Å². The van der Waals surface area contributed by atoms with E-state index in [9.17, 15) is 4.79 Å². The van der Waals surface area contributed by atoms with Gasteiger partial charge in [0.25, 0.3) is 0 Å². The molecular weight excluding hydrogens is 152 g/mol. The van der Waals surface area contributed by atoms with E-state index in [1.165, 1.54) is 6.42 Å². The molecule has 1 atom stereocenters. The first-order chi connectivity index (χ1) is 5.77. The van der Waals surface area contributed by atoms with Crippen LogP contribution in [0.2, 0.25) is 0 Å². The van der Waals surface area contributed by atoms with Crippen LogP contribution in [0.15, 0.2) is 0 Å². The number of hydrogen-bond donors (Lipinski definition) is 1. The zero-order valence-electron chi connectivity index (χ0n) is 7.75. The zero-order chi connectivity index (χ0) is 8.97. The number of carbonyl (C=O) groups is 1. The Bertz CT molecular complexity index is 159. The molecule has 1 unspecified atom stereocenters. The molecule has 1 heterocycles. The smallest absolute Gasteiger partial charge is 0.222 e. The Balaban J connectivity index is 2.40. The van der Waals surface area contributed by atoms with Gasteiger partial charge in [0.05, 0.1) is 0 Å². The van der Waals surface area contributed by atoms with Crippen molar-refractivity contribution < 1.29 is 4.79 Å². The van der Waals surface area contributed by atoms with Gasteiger partial charge in [-0.2, -0.15) is 0 Å². The van der Waals surface area contributed by atoms with Crippen molar-refractivity contribution in [2.75, 3.05) is 19.6 Å². The molecule has 0 aromatic heterocycles. The van der Waals surface area contributed by atoms with Crippen LogP contribution in [0.1, 0.15) is 26.2 Å². The minimum atomic E-state index is 0.271. The highest BCUT2D eigenvalue weighted by Crippen LogP contribution is 2.15. The van der Waals surface area contributed by atoms with Gasteiger partial charge in [-0.3, -0.25) is 4.79 Å². The van der Waals surface area contributed by atoms with Crippen LogP contribution in [-0.2, 0) is 4.79 Å². The molecule has 1 aliphatic rings. The summed E-state index contributed by atoms with van der Waals surface area (Å²) < 4.78 is 0. The van der Waals surface area contributed by atoms with Crippen molar-refractivity contribution in [3.05, 3.63) is 0 Å². The van der Waals surface area contributed by atoms with E-state index in [2.05, 4.69) is 0 Å². The molecule has 0 aromatic rings. The topological polar surface area (TPSA) is 46.3 Å². The minimum Gasteiger partial charge on any atom is -0.342 e. The van der Waals surface area contributed by atoms with Crippen molar-refractivity contribution in [3.63, 3.8) is 0 Å². The lowest BCUT2D eigenvalue weighted by molar-refractivity contribution is -0.132. The Labute approximate surface area is 73.9 Å². The first kappa shape index (κ1) is 9.52. The molecule has 1 aliphatic heterocycles. The number of nitrogens with two attached hydrogens (primary N) is 1.